The van der Waals surface area contributed by atoms with E-state index in [1.165, 1.54) is 16.0 Å². The monoisotopic (exact) mass is 314 g/mol. The largest absolute Gasteiger partial charge is 0.147 e. The molecule has 0 aliphatic carbocycles. The quantitative estimate of drug-likeness (QED) is 0.661. The van der Waals surface area contributed by atoms with Crippen LogP contribution in [0, 0.1) is 0 Å². The highest BCUT2D eigenvalue weighted by Crippen LogP contribution is 2.36. The van der Waals surface area contributed by atoms with Gasteiger partial charge < -0.3 is 0 Å². The lowest BCUT2D eigenvalue weighted by atomic mass is 10.1. The Bertz CT molecular complexity index is 461. The highest BCUT2D eigenvalue weighted by Gasteiger charge is 2.14. The minimum atomic E-state index is 0.278. The lowest BCUT2D eigenvalue weighted by Crippen LogP contribution is -1.93. The second-order valence-electron chi connectivity index (χ2n) is 3.58. The third-order valence-corrected chi connectivity index (χ3v) is 5.12. The number of aryl methyl sites for hydroxylation is 1. The maximum Gasteiger partial charge on any atom is 0.0740 e. The zero-order valence-electron chi connectivity index (χ0n) is 8.91. The lowest BCUT2D eigenvalue weighted by Gasteiger charge is -2.10. The van der Waals surface area contributed by atoms with E-state index in [1.54, 1.807) is 11.3 Å². The number of benzene rings is 1. The van der Waals surface area contributed by atoms with Crippen molar-refractivity contribution in [1.29, 1.82) is 0 Å². The fourth-order valence-electron chi connectivity index (χ4n) is 1.64. The van der Waals surface area contributed by atoms with Crippen LogP contribution in [-0.4, -0.2) is 0 Å². The highest BCUT2D eigenvalue weighted by molar-refractivity contribution is 9.09. The molecule has 1 aromatic carbocycles. The zero-order valence-corrected chi connectivity index (χ0v) is 12.1. The topological polar surface area (TPSA) is 0 Å². The van der Waals surface area contributed by atoms with Crippen molar-refractivity contribution in [2.75, 3.05) is 0 Å². The van der Waals surface area contributed by atoms with Crippen molar-refractivity contribution in [3.05, 3.63) is 56.7 Å². The van der Waals surface area contributed by atoms with Crippen LogP contribution in [0.5, 0.6) is 0 Å². The predicted octanol–water partition coefficient (Wildman–Crippen LogP) is 5.45. The summed E-state index contributed by atoms with van der Waals surface area (Å²) in [5, 5.41) is 2.93. The van der Waals surface area contributed by atoms with E-state index in [-0.39, 0.29) is 4.83 Å². The molecule has 0 aliphatic rings. The van der Waals surface area contributed by atoms with Crippen LogP contribution in [0.15, 0.2) is 35.7 Å². The Morgan fingerprint density at radius 2 is 1.94 bits per heavy atom. The Morgan fingerprint density at radius 1 is 1.25 bits per heavy atom. The van der Waals surface area contributed by atoms with Crippen LogP contribution in [0.25, 0.3) is 0 Å². The standard InChI is InChI=1S/C13H12BrClS/c1-2-9-7-8-16-13(9)12(14)10-3-5-11(15)6-4-10/h3-8,12H,2H2,1H3. The molecule has 3 heteroatoms. The first-order chi connectivity index (χ1) is 7.72. The summed E-state index contributed by atoms with van der Waals surface area (Å²) < 4.78 is 0. The van der Waals surface area contributed by atoms with E-state index in [9.17, 15) is 0 Å². The highest BCUT2D eigenvalue weighted by atomic mass is 79.9. The van der Waals surface area contributed by atoms with E-state index in [0.29, 0.717) is 0 Å². The van der Waals surface area contributed by atoms with Crippen LogP contribution in [0.2, 0.25) is 5.02 Å². The van der Waals surface area contributed by atoms with Gasteiger partial charge in [0.1, 0.15) is 0 Å². The van der Waals surface area contributed by atoms with Crippen LogP contribution >= 0.6 is 38.9 Å². The first kappa shape index (κ1) is 12.2. The van der Waals surface area contributed by atoms with E-state index in [0.717, 1.165) is 11.4 Å². The van der Waals surface area contributed by atoms with Gasteiger partial charge in [0.05, 0.1) is 4.83 Å². The molecule has 0 amide bonds. The normalized spacial score (nSPS) is 12.7. The molecule has 84 valence electrons. The molecule has 0 fully saturated rings. The molecule has 0 saturated heterocycles. The van der Waals surface area contributed by atoms with Gasteiger partial charge in [-0.15, -0.1) is 11.3 Å². The number of thiophene rings is 1. The minimum Gasteiger partial charge on any atom is -0.147 e. The van der Waals surface area contributed by atoms with Crippen LogP contribution in [0.3, 0.4) is 0 Å². The van der Waals surface area contributed by atoms with Crippen molar-refractivity contribution in [1.82, 2.24) is 0 Å². The first-order valence-electron chi connectivity index (χ1n) is 5.18. The van der Waals surface area contributed by atoms with Gasteiger partial charge in [-0.25, -0.2) is 0 Å². The maximum atomic E-state index is 5.89. The second kappa shape index (κ2) is 5.35. The summed E-state index contributed by atoms with van der Waals surface area (Å²) in [6, 6.07) is 10.2. The number of alkyl halides is 1. The van der Waals surface area contributed by atoms with Crippen LogP contribution in [0.4, 0.5) is 0 Å². The van der Waals surface area contributed by atoms with Gasteiger partial charge >= 0.3 is 0 Å². The SMILES string of the molecule is CCc1ccsc1C(Br)c1ccc(Cl)cc1. The molecule has 0 saturated carbocycles. The Balaban J connectivity index is 2.31. The molecule has 0 spiro atoms. The van der Waals surface area contributed by atoms with Gasteiger partial charge in [-0.05, 0) is 41.1 Å². The molecule has 16 heavy (non-hydrogen) atoms. The maximum absolute atomic E-state index is 5.89. The third kappa shape index (κ3) is 2.50. The lowest BCUT2D eigenvalue weighted by molar-refractivity contribution is 1.09. The fraction of sp³-hybridized carbons (Fsp3) is 0.231. The van der Waals surface area contributed by atoms with Gasteiger partial charge in [-0.2, -0.15) is 0 Å². The number of halogens is 2. The van der Waals surface area contributed by atoms with Crippen molar-refractivity contribution >= 4 is 38.9 Å². The van der Waals surface area contributed by atoms with E-state index < -0.39 is 0 Å². The second-order valence-corrected chi connectivity index (χ2v) is 5.88. The number of rotatable bonds is 3. The Labute approximate surface area is 113 Å². The summed E-state index contributed by atoms with van der Waals surface area (Å²) in [4.78, 5) is 1.67. The molecule has 1 aromatic heterocycles. The predicted molar refractivity (Wildman–Crippen MR) is 75.9 cm³/mol. The van der Waals surface area contributed by atoms with Crippen LogP contribution < -0.4 is 0 Å². The summed E-state index contributed by atoms with van der Waals surface area (Å²) >= 11 is 11.4. The minimum absolute atomic E-state index is 0.278. The molecule has 1 unspecified atom stereocenters. The average Bonchev–Trinajstić information content (AvgIpc) is 2.77. The molecular weight excluding hydrogens is 304 g/mol. The number of hydrogen-bond donors (Lipinski definition) is 0. The average molecular weight is 316 g/mol. The van der Waals surface area contributed by atoms with Crippen molar-refractivity contribution in [2.24, 2.45) is 0 Å². The summed E-state index contributed by atoms with van der Waals surface area (Å²) in [7, 11) is 0. The molecule has 0 N–H and O–H groups in total. The molecule has 0 nitrogen and oxygen atoms in total. The molecule has 0 bridgehead atoms. The molecule has 2 aromatic rings. The van der Waals surface area contributed by atoms with E-state index in [4.69, 9.17) is 11.6 Å². The van der Waals surface area contributed by atoms with Gasteiger partial charge in [0.2, 0.25) is 0 Å². The zero-order chi connectivity index (χ0) is 11.5. The van der Waals surface area contributed by atoms with Gasteiger partial charge in [0, 0.05) is 9.90 Å². The van der Waals surface area contributed by atoms with Gasteiger partial charge in [0.15, 0.2) is 0 Å². The van der Waals surface area contributed by atoms with Gasteiger partial charge in [0.25, 0.3) is 0 Å². The summed E-state index contributed by atoms with van der Waals surface area (Å²) in [6.45, 7) is 2.19. The molecule has 1 atom stereocenters. The Morgan fingerprint density at radius 3 is 2.56 bits per heavy atom. The molecule has 0 radical (unpaired) electrons. The van der Waals surface area contributed by atoms with Crippen molar-refractivity contribution < 1.29 is 0 Å². The molecule has 0 aliphatic heterocycles. The molecular formula is C13H12BrClS. The number of hydrogen-bond acceptors (Lipinski definition) is 1. The smallest absolute Gasteiger partial charge is 0.0740 e. The summed E-state index contributed by atoms with van der Waals surface area (Å²) in [5.41, 5.74) is 2.67. The summed E-state index contributed by atoms with van der Waals surface area (Å²) in [6.07, 6.45) is 1.08. The van der Waals surface area contributed by atoms with Crippen molar-refractivity contribution in [3.8, 4) is 0 Å². The first-order valence-corrected chi connectivity index (χ1v) is 7.35. The van der Waals surface area contributed by atoms with E-state index in [1.807, 2.05) is 12.1 Å². The Hall–Kier alpha value is -0.310. The molecule has 1 heterocycles. The molecule has 2 rings (SSSR count). The van der Waals surface area contributed by atoms with E-state index >= 15 is 0 Å². The van der Waals surface area contributed by atoms with Crippen molar-refractivity contribution in [3.63, 3.8) is 0 Å². The van der Waals surface area contributed by atoms with Gasteiger partial charge in [-0.1, -0.05) is 46.6 Å². The van der Waals surface area contributed by atoms with E-state index in [2.05, 4.69) is 46.4 Å². The van der Waals surface area contributed by atoms with Gasteiger partial charge in [-0.3, -0.25) is 0 Å². The third-order valence-electron chi connectivity index (χ3n) is 2.55. The fourth-order valence-corrected chi connectivity index (χ4v) is 3.69. The van der Waals surface area contributed by atoms with Crippen LogP contribution in [-0.2, 0) is 6.42 Å². The van der Waals surface area contributed by atoms with Crippen LogP contribution in [0.1, 0.15) is 27.8 Å². The summed E-state index contributed by atoms with van der Waals surface area (Å²) in [5.74, 6) is 0. The Kier molecular flexibility index (Phi) is 4.06. The van der Waals surface area contributed by atoms with Crippen molar-refractivity contribution in [2.45, 2.75) is 18.2 Å².